The van der Waals surface area contributed by atoms with Gasteiger partial charge >= 0.3 is 0 Å². The summed E-state index contributed by atoms with van der Waals surface area (Å²) in [5.41, 5.74) is 5.63. The number of rotatable bonds is 8. The predicted octanol–water partition coefficient (Wildman–Crippen LogP) is 6.81. The van der Waals surface area contributed by atoms with Crippen molar-refractivity contribution in [2.45, 2.75) is 20.0 Å². The monoisotopic (exact) mass is 511 g/mol. The molecule has 4 aromatic rings. The lowest BCUT2D eigenvalue weighted by Crippen LogP contribution is -2.31. The van der Waals surface area contributed by atoms with Crippen molar-refractivity contribution >= 4 is 34.8 Å². The highest BCUT2D eigenvalue weighted by molar-refractivity contribution is 6.34. The predicted molar refractivity (Wildman–Crippen MR) is 151 cm³/mol. The summed E-state index contributed by atoms with van der Waals surface area (Å²) in [7, 11) is 3.93. The Labute approximate surface area is 223 Å². The van der Waals surface area contributed by atoms with Gasteiger partial charge in [0.25, 0.3) is 11.8 Å². The highest BCUT2D eigenvalue weighted by Gasteiger charge is 2.20. The molecule has 0 unspecified atom stereocenters. The van der Waals surface area contributed by atoms with Gasteiger partial charge in [-0.05, 0) is 60.5 Å². The van der Waals surface area contributed by atoms with Crippen LogP contribution in [0.1, 0.15) is 37.4 Å². The molecular weight excluding hydrogens is 482 g/mol. The first-order valence-corrected chi connectivity index (χ1v) is 12.5. The molecule has 0 aliphatic rings. The Bertz CT molecular complexity index is 1400. The Morgan fingerprint density at radius 3 is 2.24 bits per heavy atom. The number of nitrogens with one attached hydrogen (secondary N) is 1. The van der Waals surface area contributed by atoms with E-state index < -0.39 is 0 Å². The topological polar surface area (TPSA) is 52.7 Å². The zero-order valence-corrected chi connectivity index (χ0v) is 22.0. The molecule has 0 spiro atoms. The van der Waals surface area contributed by atoms with E-state index in [0.717, 1.165) is 22.4 Å². The lowest BCUT2D eigenvalue weighted by molar-refractivity contribution is 0.0730. The van der Waals surface area contributed by atoms with Crippen LogP contribution in [0.3, 0.4) is 0 Å². The van der Waals surface area contributed by atoms with Crippen LogP contribution in [0.15, 0.2) is 97.1 Å². The SMILES string of the molecule is Cc1cccc(C(=O)N(Cc2ccccc2)Cc2cc(NC(=O)c3ccccc3Cl)ccc2N(C)C)c1. The van der Waals surface area contributed by atoms with Crippen molar-refractivity contribution in [2.75, 3.05) is 24.3 Å². The van der Waals surface area contributed by atoms with Crippen LogP contribution in [0, 0.1) is 6.92 Å². The summed E-state index contributed by atoms with van der Waals surface area (Å²) < 4.78 is 0. The number of benzene rings is 4. The highest BCUT2D eigenvalue weighted by Crippen LogP contribution is 2.27. The summed E-state index contributed by atoms with van der Waals surface area (Å²) in [4.78, 5) is 30.4. The summed E-state index contributed by atoms with van der Waals surface area (Å²) in [6, 6.07) is 30.3. The average Bonchev–Trinajstić information content (AvgIpc) is 2.88. The first kappa shape index (κ1) is 26.0. The molecule has 6 heteroatoms. The van der Waals surface area contributed by atoms with Crippen LogP contribution in [-0.4, -0.2) is 30.8 Å². The molecule has 0 aromatic heterocycles. The molecular formula is C31H30ClN3O2. The Morgan fingerprint density at radius 1 is 0.811 bits per heavy atom. The second-order valence-electron chi connectivity index (χ2n) is 9.19. The minimum Gasteiger partial charge on any atom is -0.377 e. The fourth-order valence-electron chi connectivity index (χ4n) is 4.24. The van der Waals surface area contributed by atoms with Crippen LogP contribution in [0.25, 0.3) is 0 Å². The van der Waals surface area contributed by atoms with Crippen molar-refractivity contribution < 1.29 is 9.59 Å². The minimum atomic E-state index is -0.286. The van der Waals surface area contributed by atoms with Crippen molar-refractivity contribution in [2.24, 2.45) is 0 Å². The van der Waals surface area contributed by atoms with Crippen molar-refractivity contribution in [3.05, 3.63) is 130 Å². The van der Waals surface area contributed by atoms with E-state index in [1.807, 2.05) is 104 Å². The van der Waals surface area contributed by atoms with Crippen molar-refractivity contribution in [3.8, 4) is 0 Å². The lowest BCUT2D eigenvalue weighted by Gasteiger charge is -2.27. The van der Waals surface area contributed by atoms with Crippen LogP contribution in [0.2, 0.25) is 5.02 Å². The van der Waals surface area contributed by atoms with Gasteiger partial charge in [-0.1, -0.05) is 71.8 Å². The number of carbonyl (C=O) groups excluding carboxylic acids is 2. The number of hydrogen-bond acceptors (Lipinski definition) is 3. The zero-order valence-electron chi connectivity index (χ0n) is 21.2. The molecule has 0 atom stereocenters. The third kappa shape index (κ3) is 6.57. The second-order valence-corrected chi connectivity index (χ2v) is 9.60. The molecule has 0 radical (unpaired) electrons. The van der Waals surface area contributed by atoms with Crippen LogP contribution in [0.5, 0.6) is 0 Å². The van der Waals surface area contributed by atoms with Crippen molar-refractivity contribution in [3.63, 3.8) is 0 Å². The molecule has 0 aliphatic carbocycles. The lowest BCUT2D eigenvalue weighted by atomic mass is 10.1. The Morgan fingerprint density at radius 2 is 1.54 bits per heavy atom. The van der Waals surface area contributed by atoms with Gasteiger partial charge in [0.05, 0.1) is 10.6 Å². The van der Waals surface area contributed by atoms with E-state index in [4.69, 9.17) is 11.6 Å². The van der Waals surface area contributed by atoms with Crippen LogP contribution in [-0.2, 0) is 13.1 Å². The summed E-state index contributed by atoms with van der Waals surface area (Å²) in [6.07, 6.45) is 0. The molecule has 0 saturated carbocycles. The number of hydrogen-bond donors (Lipinski definition) is 1. The summed E-state index contributed by atoms with van der Waals surface area (Å²) in [6.45, 7) is 2.80. The van der Waals surface area contributed by atoms with Crippen LogP contribution >= 0.6 is 11.6 Å². The Balaban J connectivity index is 1.67. The number of halogens is 1. The molecule has 188 valence electrons. The normalized spacial score (nSPS) is 10.6. The van der Waals surface area contributed by atoms with Gasteiger partial charge in [-0.15, -0.1) is 0 Å². The number of amides is 2. The third-order valence-electron chi connectivity index (χ3n) is 6.07. The van der Waals surface area contributed by atoms with Crippen molar-refractivity contribution in [1.29, 1.82) is 0 Å². The van der Waals surface area contributed by atoms with E-state index in [2.05, 4.69) is 5.32 Å². The molecule has 0 aliphatic heterocycles. The van der Waals surface area contributed by atoms with Gasteiger partial charge in [0.15, 0.2) is 0 Å². The number of nitrogens with zero attached hydrogens (tertiary/aromatic N) is 2. The largest absolute Gasteiger partial charge is 0.377 e. The van der Waals surface area contributed by atoms with Gasteiger partial charge < -0.3 is 15.1 Å². The van der Waals surface area contributed by atoms with Gasteiger partial charge in [-0.2, -0.15) is 0 Å². The maximum atomic E-state index is 13.7. The minimum absolute atomic E-state index is 0.0530. The van der Waals surface area contributed by atoms with E-state index in [1.165, 1.54) is 0 Å². The van der Waals surface area contributed by atoms with Gasteiger partial charge in [-0.3, -0.25) is 9.59 Å². The summed E-state index contributed by atoms with van der Waals surface area (Å²) in [5.74, 6) is -0.339. The fourth-order valence-corrected chi connectivity index (χ4v) is 4.46. The van der Waals surface area contributed by atoms with E-state index >= 15 is 0 Å². The maximum absolute atomic E-state index is 13.7. The van der Waals surface area contributed by atoms with Gasteiger partial charge in [0.1, 0.15) is 0 Å². The number of carbonyl (C=O) groups is 2. The van der Waals surface area contributed by atoms with E-state index in [0.29, 0.717) is 34.9 Å². The molecule has 1 N–H and O–H groups in total. The van der Waals surface area contributed by atoms with E-state index in [-0.39, 0.29) is 11.8 Å². The highest BCUT2D eigenvalue weighted by atomic mass is 35.5. The Kier molecular flexibility index (Phi) is 8.26. The van der Waals surface area contributed by atoms with Crippen LogP contribution in [0.4, 0.5) is 11.4 Å². The zero-order chi connectivity index (χ0) is 26.4. The maximum Gasteiger partial charge on any atom is 0.257 e. The average molecular weight is 512 g/mol. The summed E-state index contributed by atoms with van der Waals surface area (Å²) in [5, 5.41) is 3.34. The van der Waals surface area contributed by atoms with Gasteiger partial charge in [-0.25, -0.2) is 0 Å². The molecule has 0 saturated heterocycles. The third-order valence-corrected chi connectivity index (χ3v) is 6.40. The van der Waals surface area contributed by atoms with Crippen LogP contribution < -0.4 is 10.2 Å². The summed E-state index contributed by atoms with van der Waals surface area (Å²) >= 11 is 6.22. The second kappa shape index (κ2) is 11.8. The smallest absolute Gasteiger partial charge is 0.257 e. The molecule has 4 aromatic carbocycles. The Hall–Kier alpha value is -4.09. The molecule has 37 heavy (non-hydrogen) atoms. The first-order chi connectivity index (χ1) is 17.8. The van der Waals surface area contributed by atoms with Gasteiger partial charge in [0.2, 0.25) is 0 Å². The fraction of sp³-hybridized carbons (Fsp3) is 0.161. The van der Waals surface area contributed by atoms with Gasteiger partial charge in [0, 0.05) is 44.1 Å². The quantitative estimate of drug-likeness (QED) is 0.283. The molecule has 2 amide bonds. The first-order valence-electron chi connectivity index (χ1n) is 12.1. The number of aryl methyl sites for hydroxylation is 1. The molecule has 0 fully saturated rings. The molecule has 4 rings (SSSR count). The van der Waals surface area contributed by atoms with E-state index in [1.54, 1.807) is 24.3 Å². The molecule has 5 nitrogen and oxygen atoms in total. The van der Waals surface area contributed by atoms with Crippen molar-refractivity contribution in [1.82, 2.24) is 4.90 Å². The van der Waals surface area contributed by atoms with E-state index in [9.17, 15) is 9.59 Å². The standard InChI is InChI=1S/C31H30ClN3O2/c1-22-10-9-13-24(18-22)31(37)35(20-23-11-5-4-6-12-23)21-25-19-26(16-17-29(25)34(2)3)33-30(36)27-14-7-8-15-28(27)32/h4-19H,20-21H2,1-3H3,(H,33,36). The molecule has 0 bridgehead atoms. The number of anilines is 2. The molecule has 0 heterocycles.